The van der Waals surface area contributed by atoms with Crippen molar-refractivity contribution in [1.29, 1.82) is 0 Å². The second-order valence-corrected chi connectivity index (χ2v) is 13.6. The molecule has 0 saturated heterocycles. The average molecular weight is 644 g/mol. The van der Waals surface area contributed by atoms with Crippen molar-refractivity contribution in [2.45, 2.75) is 0 Å². The van der Waals surface area contributed by atoms with Crippen LogP contribution in [-0.2, 0) is 0 Å². The topological polar surface area (TPSA) is 43.9 Å². The fourth-order valence-electron chi connectivity index (χ4n) is 7.70. The van der Waals surface area contributed by atoms with E-state index < -0.39 is 0 Å². The Kier molecular flexibility index (Phi) is 5.51. The maximum Gasteiger partial charge on any atom is 0.238 e. The monoisotopic (exact) mass is 643 g/mol. The van der Waals surface area contributed by atoms with Gasteiger partial charge in [-0.3, -0.25) is 4.57 Å². The summed E-state index contributed by atoms with van der Waals surface area (Å²) in [5, 5.41) is 9.29. The summed E-state index contributed by atoms with van der Waals surface area (Å²) in [6, 6.07) is 53.5. The van der Waals surface area contributed by atoms with Crippen LogP contribution >= 0.6 is 11.3 Å². The SMILES string of the molecule is c1ccc(-c2ccc(-c3nc(-n4c5ccccc5c5c6c7ccccc7sc6c6ccccc6c54)nc4oc5ccccc5c34)cc2)cc1. The molecule has 0 aliphatic carbocycles. The van der Waals surface area contributed by atoms with E-state index in [0.29, 0.717) is 11.7 Å². The lowest BCUT2D eigenvalue weighted by molar-refractivity contribution is 0.651. The number of nitrogens with zero attached hydrogens (tertiary/aromatic N) is 3. The average Bonchev–Trinajstić information content (AvgIpc) is 3.85. The van der Waals surface area contributed by atoms with Gasteiger partial charge in [0, 0.05) is 52.7 Å². The summed E-state index contributed by atoms with van der Waals surface area (Å²) >= 11 is 1.87. The van der Waals surface area contributed by atoms with Gasteiger partial charge in [0.25, 0.3) is 0 Å². The smallest absolute Gasteiger partial charge is 0.238 e. The summed E-state index contributed by atoms with van der Waals surface area (Å²) in [7, 11) is 0. The molecule has 0 aliphatic rings. The van der Waals surface area contributed by atoms with Gasteiger partial charge in [-0.05, 0) is 29.3 Å². The minimum absolute atomic E-state index is 0.575. The predicted octanol–water partition coefficient (Wildman–Crippen LogP) is 12.3. The van der Waals surface area contributed by atoms with Gasteiger partial charge < -0.3 is 4.42 Å². The highest BCUT2D eigenvalue weighted by molar-refractivity contribution is 7.27. The minimum atomic E-state index is 0.575. The molecule has 0 aliphatic heterocycles. The van der Waals surface area contributed by atoms with E-state index in [2.05, 4.69) is 132 Å². The number of aromatic nitrogens is 3. The van der Waals surface area contributed by atoms with Crippen LogP contribution in [0.5, 0.6) is 0 Å². The van der Waals surface area contributed by atoms with Crippen LogP contribution in [0.15, 0.2) is 156 Å². The molecule has 0 unspecified atom stereocenters. The number of furan rings is 1. The molecule has 4 heterocycles. The maximum absolute atomic E-state index is 6.51. The van der Waals surface area contributed by atoms with Crippen molar-refractivity contribution in [1.82, 2.24) is 14.5 Å². The quantitative estimate of drug-likeness (QED) is 0.192. The van der Waals surface area contributed by atoms with Crippen LogP contribution < -0.4 is 0 Å². The van der Waals surface area contributed by atoms with E-state index in [1.807, 2.05) is 35.6 Å². The largest absolute Gasteiger partial charge is 0.437 e. The van der Waals surface area contributed by atoms with Crippen LogP contribution in [0, 0.1) is 0 Å². The maximum atomic E-state index is 6.51. The first-order valence-corrected chi connectivity index (χ1v) is 17.2. The zero-order valence-corrected chi connectivity index (χ0v) is 26.9. The number of thiophene rings is 1. The van der Waals surface area contributed by atoms with Crippen molar-refractivity contribution >= 4 is 86.2 Å². The van der Waals surface area contributed by atoms with Crippen molar-refractivity contribution in [3.05, 3.63) is 152 Å². The van der Waals surface area contributed by atoms with Crippen LogP contribution in [0.25, 0.3) is 103 Å². The molecule has 228 valence electrons. The number of para-hydroxylation sites is 2. The summed E-state index contributed by atoms with van der Waals surface area (Å²) in [5.41, 5.74) is 7.74. The lowest BCUT2D eigenvalue weighted by atomic mass is 10.00. The molecule has 0 bridgehead atoms. The molecule has 0 radical (unpaired) electrons. The van der Waals surface area contributed by atoms with Gasteiger partial charge in [0.2, 0.25) is 11.7 Å². The van der Waals surface area contributed by atoms with Gasteiger partial charge in [-0.15, -0.1) is 11.3 Å². The molecule has 49 heavy (non-hydrogen) atoms. The first-order valence-electron chi connectivity index (χ1n) is 16.4. The highest BCUT2D eigenvalue weighted by Gasteiger charge is 2.25. The highest BCUT2D eigenvalue weighted by atomic mass is 32.1. The molecule has 0 spiro atoms. The molecule has 7 aromatic carbocycles. The summed E-state index contributed by atoms with van der Waals surface area (Å²) in [4.78, 5) is 10.7. The number of benzene rings is 7. The first kappa shape index (κ1) is 26.7. The second-order valence-electron chi connectivity index (χ2n) is 12.5. The Bertz CT molecular complexity index is 3100. The van der Waals surface area contributed by atoms with E-state index >= 15 is 0 Å². The summed E-state index contributed by atoms with van der Waals surface area (Å²) < 4.78 is 11.4. The second kappa shape index (κ2) is 10.1. The summed E-state index contributed by atoms with van der Waals surface area (Å²) in [6.45, 7) is 0. The van der Waals surface area contributed by atoms with Crippen molar-refractivity contribution in [3.8, 4) is 28.3 Å². The Morgan fingerprint density at radius 3 is 1.94 bits per heavy atom. The van der Waals surface area contributed by atoms with E-state index in [9.17, 15) is 0 Å². The Morgan fingerprint density at radius 2 is 1.10 bits per heavy atom. The number of hydrogen-bond donors (Lipinski definition) is 0. The van der Waals surface area contributed by atoms with E-state index in [0.717, 1.165) is 44.2 Å². The van der Waals surface area contributed by atoms with E-state index in [4.69, 9.17) is 14.4 Å². The molecule has 4 aromatic heterocycles. The van der Waals surface area contributed by atoms with E-state index in [-0.39, 0.29) is 0 Å². The van der Waals surface area contributed by atoms with Gasteiger partial charge in [-0.2, -0.15) is 4.98 Å². The number of fused-ring (bicyclic) bond motifs is 13. The van der Waals surface area contributed by atoms with Gasteiger partial charge >= 0.3 is 0 Å². The molecule has 0 amide bonds. The molecule has 0 atom stereocenters. The molecular formula is C44H25N3OS. The van der Waals surface area contributed by atoms with Gasteiger partial charge in [0.15, 0.2) is 0 Å². The number of hydrogen-bond acceptors (Lipinski definition) is 4. The van der Waals surface area contributed by atoms with Crippen LogP contribution in [0.1, 0.15) is 0 Å². The summed E-state index contributed by atoms with van der Waals surface area (Å²) in [6.07, 6.45) is 0. The third kappa shape index (κ3) is 3.79. The zero-order valence-electron chi connectivity index (χ0n) is 26.1. The minimum Gasteiger partial charge on any atom is -0.437 e. The standard InChI is InChI=1S/C44H25N3OS/c1-2-12-26(13-3-1)27-22-24-28(25-23-27)40-39-32-17-7-10-20-35(32)48-43(39)46-44(45-40)47-34-19-9-6-16-31(34)37-38-33-18-8-11-21-36(33)49-42(38)30-15-5-4-14-29(30)41(37)47/h1-25H. The molecule has 4 nitrogen and oxygen atoms in total. The molecule has 11 aromatic rings. The zero-order chi connectivity index (χ0) is 32.1. The van der Waals surface area contributed by atoms with Gasteiger partial charge in [-0.25, -0.2) is 4.98 Å². The lowest BCUT2D eigenvalue weighted by Crippen LogP contribution is -2.03. The Labute approximate surface area is 284 Å². The Morgan fingerprint density at radius 1 is 0.469 bits per heavy atom. The van der Waals surface area contributed by atoms with E-state index in [1.54, 1.807) is 0 Å². The van der Waals surface area contributed by atoms with Gasteiger partial charge in [0.05, 0.1) is 22.1 Å². The lowest BCUT2D eigenvalue weighted by Gasteiger charge is -2.12. The van der Waals surface area contributed by atoms with Crippen molar-refractivity contribution in [3.63, 3.8) is 0 Å². The van der Waals surface area contributed by atoms with Crippen molar-refractivity contribution < 1.29 is 4.42 Å². The van der Waals surface area contributed by atoms with Crippen LogP contribution in [0.2, 0.25) is 0 Å². The van der Waals surface area contributed by atoms with Crippen LogP contribution in [-0.4, -0.2) is 14.5 Å². The third-order valence-corrected chi connectivity index (χ3v) is 11.0. The molecule has 0 N–H and O–H groups in total. The number of rotatable bonds is 3. The Balaban J connectivity index is 1.28. The fourth-order valence-corrected chi connectivity index (χ4v) is 8.95. The normalized spacial score (nSPS) is 12.1. The van der Waals surface area contributed by atoms with Crippen LogP contribution in [0.3, 0.4) is 0 Å². The molecular weight excluding hydrogens is 619 g/mol. The molecule has 0 saturated carbocycles. The van der Waals surface area contributed by atoms with Gasteiger partial charge in [0.1, 0.15) is 5.58 Å². The molecule has 5 heteroatoms. The Hall–Kier alpha value is -6.30. The summed E-state index contributed by atoms with van der Waals surface area (Å²) in [5.74, 6) is 0.587. The fraction of sp³-hybridized carbons (Fsp3) is 0. The third-order valence-electron chi connectivity index (χ3n) is 9.84. The van der Waals surface area contributed by atoms with E-state index in [1.165, 1.54) is 47.3 Å². The van der Waals surface area contributed by atoms with Crippen LogP contribution in [0.4, 0.5) is 0 Å². The first-order chi connectivity index (χ1) is 24.3. The van der Waals surface area contributed by atoms with Crippen molar-refractivity contribution in [2.75, 3.05) is 0 Å². The van der Waals surface area contributed by atoms with Crippen molar-refractivity contribution in [2.24, 2.45) is 0 Å². The molecule has 11 rings (SSSR count). The van der Waals surface area contributed by atoms with Gasteiger partial charge in [-0.1, -0.05) is 133 Å². The predicted molar refractivity (Wildman–Crippen MR) is 205 cm³/mol. The molecule has 0 fully saturated rings. The highest BCUT2D eigenvalue weighted by Crippen LogP contribution is 2.48.